The molecule has 3 rings (SSSR count). The van der Waals surface area contributed by atoms with Crippen LogP contribution in [0.2, 0.25) is 5.02 Å². The Balaban J connectivity index is 1.84. The van der Waals surface area contributed by atoms with Crippen molar-refractivity contribution in [3.8, 4) is 5.75 Å². The molecule has 1 saturated heterocycles. The van der Waals surface area contributed by atoms with Crippen molar-refractivity contribution < 1.29 is 17.9 Å². The summed E-state index contributed by atoms with van der Waals surface area (Å²) in [4.78, 5) is 13.5. The molecular formula is C17H17ClN2O4S. The van der Waals surface area contributed by atoms with Crippen LogP contribution >= 0.6 is 11.6 Å². The van der Waals surface area contributed by atoms with Crippen LogP contribution in [0.5, 0.6) is 5.75 Å². The average molecular weight is 381 g/mol. The molecule has 0 aromatic heterocycles. The molecule has 8 heteroatoms. The zero-order chi connectivity index (χ0) is 18.0. The third-order valence-corrected chi connectivity index (χ3v) is 5.66. The minimum atomic E-state index is -3.81. The van der Waals surface area contributed by atoms with Crippen molar-refractivity contribution in [2.45, 2.75) is 17.7 Å². The number of hydrogen-bond donors (Lipinski definition) is 1. The van der Waals surface area contributed by atoms with Crippen molar-refractivity contribution >= 4 is 38.9 Å². The van der Waals surface area contributed by atoms with E-state index in [1.165, 1.54) is 25.3 Å². The lowest BCUT2D eigenvalue weighted by molar-refractivity contribution is -0.117. The van der Waals surface area contributed by atoms with E-state index in [2.05, 4.69) is 4.72 Å². The van der Waals surface area contributed by atoms with Gasteiger partial charge < -0.3 is 9.64 Å². The van der Waals surface area contributed by atoms with Gasteiger partial charge in [-0.3, -0.25) is 9.52 Å². The molecule has 2 aromatic carbocycles. The SMILES string of the molecule is COc1ccc(Cl)c(NS(=O)(=O)c2ccc(N3CCCC3=O)cc2)c1. The van der Waals surface area contributed by atoms with Crippen LogP contribution in [0.1, 0.15) is 12.8 Å². The molecule has 1 heterocycles. The summed E-state index contributed by atoms with van der Waals surface area (Å²) in [5, 5.41) is 0.267. The lowest BCUT2D eigenvalue weighted by Gasteiger charge is -2.16. The molecule has 0 bridgehead atoms. The maximum absolute atomic E-state index is 12.6. The van der Waals surface area contributed by atoms with Crippen molar-refractivity contribution in [1.82, 2.24) is 0 Å². The van der Waals surface area contributed by atoms with Gasteiger partial charge in [-0.05, 0) is 42.8 Å². The number of carbonyl (C=O) groups is 1. The van der Waals surface area contributed by atoms with Crippen LogP contribution < -0.4 is 14.4 Å². The molecule has 0 unspecified atom stereocenters. The van der Waals surface area contributed by atoms with Crippen molar-refractivity contribution in [1.29, 1.82) is 0 Å². The highest BCUT2D eigenvalue weighted by Crippen LogP contribution is 2.29. The third kappa shape index (κ3) is 3.72. The van der Waals surface area contributed by atoms with Gasteiger partial charge in [0, 0.05) is 24.7 Å². The number of nitrogens with zero attached hydrogens (tertiary/aromatic N) is 1. The van der Waals surface area contributed by atoms with Crippen LogP contribution in [-0.2, 0) is 14.8 Å². The van der Waals surface area contributed by atoms with Crippen molar-refractivity contribution in [2.75, 3.05) is 23.3 Å². The van der Waals surface area contributed by atoms with Crippen LogP contribution in [0.4, 0.5) is 11.4 Å². The third-order valence-electron chi connectivity index (χ3n) is 3.95. The average Bonchev–Trinajstić information content (AvgIpc) is 3.03. The molecule has 1 N–H and O–H groups in total. The second kappa shape index (κ2) is 6.93. The first-order chi connectivity index (χ1) is 11.9. The van der Waals surface area contributed by atoms with Crippen molar-refractivity contribution in [3.63, 3.8) is 0 Å². The van der Waals surface area contributed by atoms with E-state index in [1.54, 1.807) is 29.2 Å². The van der Waals surface area contributed by atoms with E-state index in [-0.39, 0.29) is 21.5 Å². The van der Waals surface area contributed by atoms with Gasteiger partial charge in [0.15, 0.2) is 0 Å². The number of carbonyl (C=O) groups excluding carboxylic acids is 1. The monoisotopic (exact) mass is 380 g/mol. The van der Waals surface area contributed by atoms with Gasteiger partial charge in [0.1, 0.15) is 5.75 Å². The second-order valence-electron chi connectivity index (χ2n) is 5.59. The molecule has 132 valence electrons. The largest absolute Gasteiger partial charge is 0.497 e. The fourth-order valence-electron chi connectivity index (χ4n) is 2.64. The Labute approximate surface area is 151 Å². The predicted molar refractivity (Wildman–Crippen MR) is 96.8 cm³/mol. The summed E-state index contributed by atoms with van der Waals surface area (Å²) in [6.07, 6.45) is 1.34. The van der Waals surface area contributed by atoms with Gasteiger partial charge in [0.05, 0.1) is 22.7 Å². The highest BCUT2D eigenvalue weighted by Gasteiger charge is 2.22. The summed E-state index contributed by atoms with van der Waals surface area (Å²) >= 11 is 6.05. The number of anilines is 2. The Morgan fingerprint density at radius 2 is 1.88 bits per heavy atom. The van der Waals surface area contributed by atoms with E-state index < -0.39 is 10.0 Å². The smallest absolute Gasteiger partial charge is 0.261 e. The van der Waals surface area contributed by atoms with Gasteiger partial charge in [-0.1, -0.05) is 11.6 Å². The lowest BCUT2D eigenvalue weighted by Crippen LogP contribution is -2.23. The topological polar surface area (TPSA) is 75.7 Å². The first-order valence-corrected chi connectivity index (χ1v) is 9.53. The zero-order valence-electron chi connectivity index (χ0n) is 13.5. The molecule has 1 aliphatic rings. The summed E-state index contributed by atoms with van der Waals surface area (Å²) < 4.78 is 32.7. The van der Waals surface area contributed by atoms with Gasteiger partial charge in [0.25, 0.3) is 10.0 Å². The quantitative estimate of drug-likeness (QED) is 0.863. The molecule has 1 aliphatic heterocycles. The zero-order valence-corrected chi connectivity index (χ0v) is 15.1. The molecule has 0 aliphatic carbocycles. The predicted octanol–water partition coefficient (Wildman–Crippen LogP) is 3.28. The molecule has 0 atom stereocenters. The normalized spacial score (nSPS) is 14.6. The maximum atomic E-state index is 12.6. The Bertz CT molecular complexity index is 897. The number of ether oxygens (including phenoxy) is 1. The minimum absolute atomic E-state index is 0.0527. The number of sulfonamides is 1. The van der Waals surface area contributed by atoms with Crippen molar-refractivity contribution in [2.24, 2.45) is 0 Å². The van der Waals surface area contributed by atoms with Gasteiger partial charge in [-0.2, -0.15) is 0 Å². The summed E-state index contributed by atoms with van der Waals surface area (Å²) in [5.41, 5.74) is 0.931. The summed E-state index contributed by atoms with van der Waals surface area (Å²) in [7, 11) is -2.32. The highest BCUT2D eigenvalue weighted by atomic mass is 35.5. The van der Waals surface area contributed by atoms with E-state index in [9.17, 15) is 13.2 Å². The maximum Gasteiger partial charge on any atom is 0.261 e. The first kappa shape index (κ1) is 17.6. The van der Waals surface area contributed by atoms with Crippen LogP contribution in [0.25, 0.3) is 0 Å². The van der Waals surface area contributed by atoms with E-state index in [4.69, 9.17) is 16.3 Å². The van der Waals surface area contributed by atoms with Crippen LogP contribution in [0.15, 0.2) is 47.4 Å². The summed E-state index contributed by atoms with van der Waals surface area (Å²) in [5.74, 6) is 0.543. The van der Waals surface area contributed by atoms with E-state index in [0.717, 1.165) is 6.42 Å². The molecule has 0 saturated carbocycles. The Kier molecular flexibility index (Phi) is 4.87. The standard InChI is InChI=1S/C17H17ClN2O4S/c1-24-13-6-9-15(18)16(11-13)19-25(22,23)14-7-4-12(5-8-14)20-10-2-3-17(20)21/h4-9,11,19H,2-3,10H2,1H3. The van der Waals surface area contributed by atoms with Crippen molar-refractivity contribution in [3.05, 3.63) is 47.5 Å². The number of nitrogens with one attached hydrogen (secondary N) is 1. The Morgan fingerprint density at radius 3 is 2.48 bits per heavy atom. The van der Waals surface area contributed by atoms with Gasteiger partial charge in [-0.15, -0.1) is 0 Å². The van der Waals surface area contributed by atoms with Gasteiger partial charge >= 0.3 is 0 Å². The number of benzene rings is 2. The minimum Gasteiger partial charge on any atom is -0.497 e. The Morgan fingerprint density at radius 1 is 1.16 bits per heavy atom. The molecule has 6 nitrogen and oxygen atoms in total. The molecule has 25 heavy (non-hydrogen) atoms. The lowest BCUT2D eigenvalue weighted by atomic mass is 10.3. The molecule has 2 aromatic rings. The fourth-order valence-corrected chi connectivity index (χ4v) is 3.93. The van der Waals surface area contributed by atoms with E-state index in [1.807, 2.05) is 0 Å². The van der Waals surface area contributed by atoms with Crippen LogP contribution in [0.3, 0.4) is 0 Å². The number of hydrogen-bond acceptors (Lipinski definition) is 4. The van der Waals surface area contributed by atoms with E-state index >= 15 is 0 Å². The highest BCUT2D eigenvalue weighted by molar-refractivity contribution is 7.92. The molecule has 0 spiro atoms. The second-order valence-corrected chi connectivity index (χ2v) is 7.68. The van der Waals surface area contributed by atoms with Gasteiger partial charge in [0.2, 0.25) is 5.91 Å². The molecular weight excluding hydrogens is 364 g/mol. The fraction of sp³-hybridized carbons (Fsp3) is 0.235. The van der Waals surface area contributed by atoms with E-state index in [0.29, 0.717) is 24.4 Å². The van der Waals surface area contributed by atoms with Crippen LogP contribution in [0, 0.1) is 0 Å². The summed E-state index contributed by atoms with van der Waals surface area (Å²) in [6, 6.07) is 10.9. The summed E-state index contributed by atoms with van der Waals surface area (Å²) in [6.45, 7) is 0.655. The number of amides is 1. The first-order valence-electron chi connectivity index (χ1n) is 7.67. The number of rotatable bonds is 5. The molecule has 1 amide bonds. The number of methoxy groups -OCH3 is 1. The molecule has 0 radical (unpaired) electrons. The van der Waals surface area contributed by atoms with Crippen LogP contribution in [-0.4, -0.2) is 28.0 Å². The van der Waals surface area contributed by atoms with Gasteiger partial charge in [-0.25, -0.2) is 8.42 Å². The molecule has 1 fully saturated rings. The number of halogens is 1. The Hall–Kier alpha value is -2.25.